The van der Waals surface area contributed by atoms with Gasteiger partial charge in [-0.05, 0) is 31.2 Å². The Hall–Kier alpha value is -1.40. The van der Waals surface area contributed by atoms with E-state index < -0.39 is 0 Å². The molecule has 106 valence electrons. The third-order valence-electron chi connectivity index (χ3n) is 4.99. The molecule has 2 nitrogen and oxygen atoms in total. The molecule has 2 aliphatic heterocycles. The molecule has 4 atom stereocenters. The van der Waals surface area contributed by atoms with E-state index in [1.54, 1.807) is 0 Å². The second-order valence-electron chi connectivity index (χ2n) is 5.99. The number of alkyl halides is 1. The summed E-state index contributed by atoms with van der Waals surface area (Å²) < 4.78 is 12.5. The van der Waals surface area contributed by atoms with Crippen molar-refractivity contribution >= 4 is 0 Å². The number of hydrogen-bond acceptors (Lipinski definition) is 2. The van der Waals surface area contributed by atoms with Crippen molar-refractivity contribution in [1.82, 2.24) is 4.90 Å². The molecular weight excluding hydrogens is 251 g/mol. The van der Waals surface area contributed by atoms with Gasteiger partial charge in [-0.1, -0.05) is 30.3 Å². The zero-order valence-corrected chi connectivity index (χ0v) is 11.7. The van der Waals surface area contributed by atoms with E-state index in [1.165, 1.54) is 12.0 Å². The van der Waals surface area contributed by atoms with Gasteiger partial charge in [-0.2, -0.15) is 5.26 Å². The minimum atomic E-state index is -0.255. The van der Waals surface area contributed by atoms with Crippen LogP contribution in [-0.2, 0) is 0 Å². The number of hydrogen-bond donors (Lipinski definition) is 0. The lowest BCUT2D eigenvalue weighted by atomic mass is 9.77. The summed E-state index contributed by atoms with van der Waals surface area (Å²) in [6.45, 7) is 0.556. The average Bonchev–Trinajstić information content (AvgIpc) is 2.78. The first-order valence-electron chi connectivity index (χ1n) is 7.61. The molecule has 1 aromatic rings. The number of piperidine rings is 1. The number of fused-ring (bicyclic) bond motifs is 2. The standard InChI is InChI=1S/C17H21FN2/c18-9-4-10-20-14-7-8-17(20)16(12-19)15(11-14)13-5-2-1-3-6-13/h1-3,5-6,14-17H,4,7-11H2/t14?,15?,16-,17?/m0/s1. The molecule has 1 aromatic carbocycles. The van der Waals surface area contributed by atoms with Gasteiger partial charge in [0.05, 0.1) is 18.7 Å². The van der Waals surface area contributed by atoms with Crippen LogP contribution in [0.4, 0.5) is 4.39 Å². The molecule has 0 radical (unpaired) electrons. The summed E-state index contributed by atoms with van der Waals surface area (Å²) >= 11 is 0. The fraction of sp³-hybridized carbons (Fsp3) is 0.588. The molecule has 0 aromatic heterocycles. The van der Waals surface area contributed by atoms with E-state index in [0.29, 0.717) is 24.4 Å². The van der Waals surface area contributed by atoms with E-state index in [1.807, 2.05) is 6.07 Å². The Morgan fingerprint density at radius 1 is 1.25 bits per heavy atom. The van der Waals surface area contributed by atoms with Crippen LogP contribution in [0.5, 0.6) is 0 Å². The Labute approximate surface area is 120 Å². The van der Waals surface area contributed by atoms with Crippen LogP contribution in [0.3, 0.4) is 0 Å². The second-order valence-corrected chi connectivity index (χ2v) is 5.99. The largest absolute Gasteiger partial charge is 0.296 e. The minimum Gasteiger partial charge on any atom is -0.296 e. The number of rotatable bonds is 4. The highest BCUT2D eigenvalue weighted by Crippen LogP contribution is 2.46. The van der Waals surface area contributed by atoms with Crippen LogP contribution in [-0.4, -0.2) is 30.2 Å². The van der Waals surface area contributed by atoms with Crippen molar-refractivity contribution in [1.29, 1.82) is 5.26 Å². The van der Waals surface area contributed by atoms with Crippen molar-refractivity contribution in [3.8, 4) is 6.07 Å². The fourth-order valence-electron chi connectivity index (χ4n) is 4.12. The van der Waals surface area contributed by atoms with Crippen LogP contribution in [0.15, 0.2) is 30.3 Å². The van der Waals surface area contributed by atoms with Crippen LogP contribution < -0.4 is 0 Å². The monoisotopic (exact) mass is 272 g/mol. The number of halogens is 1. The zero-order valence-electron chi connectivity index (χ0n) is 11.7. The summed E-state index contributed by atoms with van der Waals surface area (Å²) in [5.41, 5.74) is 1.29. The van der Waals surface area contributed by atoms with Crippen molar-refractivity contribution in [3.05, 3.63) is 35.9 Å². The van der Waals surface area contributed by atoms with Gasteiger partial charge in [-0.3, -0.25) is 9.29 Å². The van der Waals surface area contributed by atoms with Gasteiger partial charge in [0, 0.05) is 24.5 Å². The smallest absolute Gasteiger partial charge is 0.0906 e. The molecule has 3 rings (SSSR count). The molecule has 2 heterocycles. The molecule has 20 heavy (non-hydrogen) atoms. The van der Waals surface area contributed by atoms with Crippen LogP contribution >= 0.6 is 0 Å². The Bertz CT molecular complexity index is 482. The summed E-state index contributed by atoms with van der Waals surface area (Å²) in [7, 11) is 0. The Kier molecular flexibility index (Phi) is 4.03. The molecular formula is C17H21FN2. The van der Waals surface area contributed by atoms with Gasteiger partial charge >= 0.3 is 0 Å². The van der Waals surface area contributed by atoms with Gasteiger partial charge in [0.25, 0.3) is 0 Å². The lowest BCUT2D eigenvalue weighted by Crippen LogP contribution is -2.48. The van der Waals surface area contributed by atoms with Crippen molar-refractivity contribution < 1.29 is 4.39 Å². The van der Waals surface area contributed by atoms with Gasteiger partial charge in [0.15, 0.2) is 0 Å². The van der Waals surface area contributed by atoms with Gasteiger partial charge in [0.1, 0.15) is 0 Å². The fourth-order valence-corrected chi connectivity index (χ4v) is 4.12. The van der Waals surface area contributed by atoms with Crippen LogP contribution in [0.2, 0.25) is 0 Å². The average molecular weight is 272 g/mol. The van der Waals surface area contributed by atoms with Gasteiger partial charge in [-0.15, -0.1) is 0 Å². The third-order valence-corrected chi connectivity index (χ3v) is 4.99. The topological polar surface area (TPSA) is 27.0 Å². The van der Waals surface area contributed by atoms with Crippen molar-refractivity contribution in [2.45, 2.75) is 43.7 Å². The minimum absolute atomic E-state index is 0.0516. The maximum absolute atomic E-state index is 12.5. The SMILES string of the molecule is N#C[C@H]1C(c2ccccc2)CC2CCC1N2CCCF. The highest BCUT2D eigenvalue weighted by Gasteiger charge is 2.47. The quantitative estimate of drug-likeness (QED) is 0.838. The molecule has 3 heteroatoms. The maximum Gasteiger partial charge on any atom is 0.0906 e. The molecule has 2 saturated heterocycles. The first-order chi connectivity index (χ1) is 9.85. The van der Waals surface area contributed by atoms with E-state index >= 15 is 0 Å². The van der Waals surface area contributed by atoms with E-state index in [2.05, 4.69) is 35.2 Å². The summed E-state index contributed by atoms with van der Waals surface area (Å²) in [5.74, 6) is 0.399. The molecule has 0 N–H and O–H groups in total. The molecule has 2 aliphatic rings. The third kappa shape index (κ3) is 2.33. The summed E-state index contributed by atoms with van der Waals surface area (Å²) in [6, 6.07) is 13.8. The van der Waals surface area contributed by atoms with Crippen LogP contribution in [0, 0.1) is 17.2 Å². The van der Waals surface area contributed by atoms with Crippen LogP contribution in [0.1, 0.15) is 37.2 Å². The molecule has 0 spiro atoms. The Morgan fingerprint density at radius 3 is 2.75 bits per heavy atom. The second kappa shape index (κ2) is 5.93. The van der Waals surface area contributed by atoms with E-state index in [0.717, 1.165) is 19.4 Å². The lowest BCUT2D eigenvalue weighted by molar-refractivity contribution is 0.0933. The molecule has 2 fully saturated rings. The maximum atomic E-state index is 12.5. The first kappa shape index (κ1) is 13.6. The summed E-state index contributed by atoms with van der Waals surface area (Å²) in [4.78, 5) is 2.41. The number of nitrogens with zero attached hydrogens (tertiary/aromatic N) is 2. The van der Waals surface area contributed by atoms with E-state index in [9.17, 15) is 9.65 Å². The van der Waals surface area contributed by atoms with Gasteiger partial charge in [-0.25, -0.2) is 0 Å². The lowest BCUT2D eigenvalue weighted by Gasteiger charge is -2.42. The van der Waals surface area contributed by atoms with Crippen molar-refractivity contribution in [3.63, 3.8) is 0 Å². The Morgan fingerprint density at radius 2 is 2.05 bits per heavy atom. The summed E-state index contributed by atoms with van der Waals surface area (Å²) in [6.07, 6.45) is 3.91. The molecule has 2 bridgehead atoms. The first-order valence-corrected chi connectivity index (χ1v) is 7.61. The molecule has 0 aliphatic carbocycles. The van der Waals surface area contributed by atoms with E-state index in [-0.39, 0.29) is 12.6 Å². The van der Waals surface area contributed by atoms with Crippen molar-refractivity contribution in [2.75, 3.05) is 13.2 Å². The number of nitriles is 1. The molecule has 0 amide bonds. The van der Waals surface area contributed by atoms with Gasteiger partial charge < -0.3 is 0 Å². The summed E-state index contributed by atoms with van der Waals surface area (Å²) in [5, 5.41) is 9.64. The predicted octanol–water partition coefficient (Wildman–Crippen LogP) is 3.51. The normalized spacial score (nSPS) is 33.0. The predicted molar refractivity (Wildman–Crippen MR) is 77.0 cm³/mol. The molecule has 3 unspecified atom stereocenters. The van der Waals surface area contributed by atoms with Gasteiger partial charge in [0.2, 0.25) is 0 Å². The highest BCUT2D eigenvalue weighted by atomic mass is 19.1. The number of benzene rings is 1. The molecule has 0 saturated carbocycles. The Balaban J connectivity index is 1.82. The highest BCUT2D eigenvalue weighted by molar-refractivity contribution is 5.26. The van der Waals surface area contributed by atoms with Crippen molar-refractivity contribution in [2.24, 2.45) is 5.92 Å². The zero-order chi connectivity index (χ0) is 13.9. The van der Waals surface area contributed by atoms with E-state index in [4.69, 9.17) is 0 Å². The van der Waals surface area contributed by atoms with Crippen LogP contribution in [0.25, 0.3) is 0 Å².